The van der Waals surface area contributed by atoms with Gasteiger partial charge in [-0.1, -0.05) is 6.07 Å². The van der Waals surface area contributed by atoms with Gasteiger partial charge in [-0.05, 0) is 55.7 Å². The lowest BCUT2D eigenvalue weighted by atomic mass is 10.0. The molecule has 3 aromatic rings. The molecule has 1 saturated heterocycles. The van der Waals surface area contributed by atoms with Gasteiger partial charge in [0.1, 0.15) is 0 Å². The molecule has 30 heavy (non-hydrogen) atoms. The number of fused-ring (bicyclic) bond motifs is 1. The molecular weight excluding hydrogens is 376 g/mol. The Hall–Kier alpha value is -2.80. The maximum Gasteiger partial charge on any atom is 0.233 e. The van der Waals surface area contributed by atoms with Gasteiger partial charge in [-0.25, -0.2) is 0 Å². The smallest absolute Gasteiger partial charge is 0.233 e. The third kappa shape index (κ3) is 4.07. The van der Waals surface area contributed by atoms with E-state index in [2.05, 4.69) is 37.3 Å². The summed E-state index contributed by atoms with van der Waals surface area (Å²) in [7, 11) is 1.91. The first-order valence-corrected chi connectivity index (χ1v) is 10.7. The lowest BCUT2D eigenvalue weighted by Crippen LogP contribution is -2.23. The second-order valence-electron chi connectivity index (χ2n) is 8.74. The second kappa shape index (κ2) is 8.14. The number of aromatic nitrogens is 5. The van der Waals surface area contributed by atoms with Crippen LogP contribution < -0.4 is 4.74 Å². The summed E-state index contributed by atoms with van der Waals surface area (Å²) < 4.78 is 7.78. The van der Waals surface area contributed by atoms with Gasteiger partial charge in [-0.15, -0.1) is 10.2 Å². The third-order valence-electron chi connectivity index (χ3n) is 6.43. The van der Waals surface area contributed by atoms with E-state index in [0.29, 0.717) is 11.8 Å². The molecule has 2 atom stereocenters. The SMILES string of the molecule is Cc1nn(C)cc1-c1ccc(OCC2CC3CN(Cc4ccccn4)CC3C2)nn1. The summed E-state index contributed by atoms with van der Waals surface area (Å²) in [6.45, 7) is 6.03. The van der Waals surface area contributed by atoms with Crippen molar-refractivity contribution >= 4 is 0 Å². The Balaban J connectivity index is 1.11. The highest BCUT2D eigenvalue weighted by atomic mass is 16.5. The summed E-state index contributed by atoms with van der Waals surface area (Å²) in [5, 5.41) is 13.0. The number of ether oxygens (including phenoxy) is 1. The Kier molecular flexibility index (Phi) is 5.21. The van der Waals surface area contributed by atoms with Gasteiger partial charge < -0.3 is 4.74 Å². The number of nitrogens with zero attached hydrogens (tertiary/aromatic N) is 6. The van der Waals surface area contributed by atoms with Crippen LogP contribution in [0.15, 0.2) is 42.7 Å². The lowest BCUT2D eigenvalue weighted by molar-refractivity contribution is 0.219. The van der Waals surface area contributed by atoms with Gasteiger partial charge in [-0.3, -0.25) is 14.6 Å². The zero-order chi connectivity index (χ0) is 20.5. The average Bonchev–Trinajstić information content (AvgIpc) is 3.40. The molecule has 1 aliphatic heterocycles. The van der Waals surface area contributed by atoms with Crippen LogP contribution in [0.4, 0.5) is 0 Å². The molecule has 7 nitrogen and oxygen atoms in total. The minimum atomic E-state index is 0.606. The van der Waals surface area contributed by atoms with Crippen molar-refractivity contribution in [1.82, 2.24) is 29.9 Å². The molecule has 3 aromatic heterocycles. The van der Waals surface area contributed by atoms with E-state index in [4.69, 9.17) is 4.74 Å². The van der Waals surface area contributed by atoms with E-state index in [9.17, 15) is 0 Å². The summed E-state index contributed by atoms with van der Waals surface area (Å²) in [4.78, 5) is 7.02. The Morgan fingerprint density at radius 1 is 1.07 bits per heavy atom. The zero-order valence-corrected chi connectivity index (χ0v) is 17.6. The van der Waals surface area contributed by atoms with E-state index in [1.807, 2.05) is 44.6 Å². The molecule has 7 heteroatoms. The molecule has 0 aromatic carbocycles. The molecule has 2 unspecified atom stereocenters. The van der Waals surface area contributed by atoms with Crippen LogP contribution in [-0.2, 0) is 13.6 Å². The van der Waals surface area contributed by atoms with E-state index < -0.39 is 0 Å². The maximum atomic E-state index is 5.99. The van der Waals surface area contributed by atoms with Crippen molar-refractivity contribution < 1.29 is 4.74 Å². The summed E-state index contributed by atoms with van der Waals surface area (Å²) in [5.41, 5.74) is 3.96. The highest BCUT2D eigenvalue weighted by molar-refractivity contribution is 5.60. The van der Waals surface area contributed by atoms with Crippen molar-refractivity contribution in [3.8, 4) is 17.1 Å². The first kappa shape index (κ1) is 19.2. The second-order valence-corrected chi connectivity index (χ2v) is 8.74. The van der Waals surface area contributed by atoms with Crippen LogP contribution in [0.3, 0.4) is 0 Å². The Bertz CT molecular complexity index is 973. The maximum absolute atomic E-state index is 5.99. The molecule has 0 radical (unpaired) electrons. The first-order chi connectivity index (χ1) is 14.6. The minimum absolute atomic E-state index is 0.606. The van der Waals surface area contributed by atoms with Crippen molar-refractivity contribution in [3.63, 3.8) is 0 Å². The van der Waals surface area contributed by atoms with Crippen molar-refractivity contribution in [3.05, 3.63) is 54.1 Å². The number of aryl methyl sites for hydroxylation is 2. The predicted octanol–water partition coefficient (Wildman–Crippen LogP) is 3.12. The van der Waals surface area contributed by atoms with Gasteiger partial charge in [0.15, 0.2) is 0 Å². The van der Waals surface area contributed by atoms with Crippen LogP contribution in [0.25, 0.3) is 11.3 Å². The van der Waals surface area contributed by atoms with Crippen LogP contribution in [0, 0.1) is 24.7 Å². The monoisotopic (exact) mass is 404 g/mol. The molecule has 0 bridgehead atoms. The van der Waals surface area contributed by atoms with Crippen molar-refractivity contribution in [2.24, 2.45) is 24.8 Å². The number of likely N-dealkylation sites (tertiary alicyclic amines) is 1. The third-order valence-corrected chi connectivity index (χ3v) is 6.43. The standard InChI is InChI=1S/C23H28N6O/c1-16-21(14-28(2)27-16)22-6-7-23(26-25-22)30-15-17-9-18-11-29(12-19(18)10-17)13-20-5-3-4-8-24-20/h3-8,14,17-19H,9-13,15H2,1-2H3. The molecule has 2 fully saturated rings. The molecule has 1 aliphatic carbocycles. The van der Waals surface area contributed by atoms with E-state index in [1.54, 1.807) is 4.68 Å². The molecule has 0 N–H and O–H groups in total. The fourth-order valence-corrected chi connectivity index (χ4v) is 5.10. The van der Waals surface area contributed by atoms with Gasteiger partial charge in [-0.2, -0.15) is 5.10 Å². The van der Waals surface area contributed by atoms with Crippen molar-refractivity contribution in [2.75, 3.05) is 19.7 Å². The average molecular weight is 405 g/mol. The van der Waals surface area contributed by atoms with Gasteiger partial charge in [0, 0.05) is 50.7 Å². The highest BCUT2D eigenvalue weighted by Gasteiger charge is 2.40. The fraction of sp³-hybridized carbons (Fsp3) is 0.478. The molecule has 156 valence electrons. The molecule has 5 rings (SSSR count). The topological polar surface area (TPSA) is 69.0 Å². The molecule has 2 aliphatic rings. The van der Waals surface area contributed by atoms with Crippen LogP contribution in [0.5, 0.6) is 5.88 Å². The van der Waals surface area contributed by atoms with Crippen molar-refractivity contribution in [1.29, 1.82) is 0 Å². The van der Waals surface area contributed by atoms with Gasteiger partial charge in [0.2, 0.25) is 5.88 Å². The van der Waals surface area contributed by atoms with E-state index >= 15 is 0 Å². The summed E-state index contributed by atoms with van der Waals surface area (Å²) in [6, 6.07) is 10.0. The quantitative estimate of drug-likeness (QED) is 0.629. The fourth-order valence-electron chi connectivity index (χ4n) is 5.10. The summed E-state index contributed by atoms with van der Waals surface area (Å²) in [6.07, 6.45) is 6.33. The highest BCUT2D eigenvalue weighted by Crippen LogP contribution is 2.42. The molecular formula is C23H28N6O. The van der Waals surface area contributed by atoms with Crippen LogP contribution in [0.2, 0.25) is 0 Å². The van der Waals surface area contributed by atoms with Crippen molar-refractivity contribution in [2.45, 2.75) is 26.3 Å². The zero-order valence-electron chi connectivity index (χ0n) is 17.6. The largest absolute Gasteiger partial charge is 0.476 e. The summed E-state index contributed by atoms with van der Waals surface area (Å²) >= 11 is 0. The van der Waals surface area contributed by atoms with Crippen LogP contribution >= 0.6 is 0 Å². The summed E-state index contributed by atoms with van der Waals surface area (Å²) in [5.74, 6) is 2.78. The van der Waals surface area contributed by atoms with Gasteiger partial charge >= 0.3 is 0 Å². The van der Waals surface area contributed by atoms with Gasteiger partial charge in [0.25, 0.3) is 0 Å². The van der Waals surface area contributed by atoms with Gasteiger partial charge in [0.05, 0.1) is 23.7 Å². The lowest BCUT2D eigenvalue weighted by Gasteiger charge is -2.18. The molecule has 4 heterocycles. The van der Waals surface area contributed by atoms with E-state index in [-0.39, 0.29) is 0 Å². The van der Waals surface area contributed by atoms with Crippen LogP contribution in [0.1, 0.15) is 24.2 Å². The molecule has 1 saturated carbocycles. The molecule has 0 amide bonds. The first-order valence-electron chi connectivity index (χ1n) is 10.7. The van der Waals surface area contributed by atoms with E-state index in [0.717, 1.165) is 41.9 Å². The number of hydrogen-bond donors (Lipinski definition) is 0. The Labute approximate surface area is 177 Å². The Morgan fingerprint density at radius 3 is 2.53 bits per heavy atom. The van der Waals surface area contributed by atoms with Crippen LogP contribution in [-0.4, -0.2) is 49.6 Å². The minimum Gasteiger partial charge on any atom is -0.476 e. The van der Waals surface area contributed by atoms with E-state index in [1.165, 1.54) is 31.6 Å². The number of hydrogen-bond acceptors (Lipinski definition) is 6. The number of rotatable bonds is 6. The normalized spacial score (nSPS) is 23.6. The predicted molar refractivity (Wildman–Crippen MR) is 114 cm³/mol. The molecule has 0 spiro atoms. The number of pyridine rings is 1. The Morgan fingerprint density at radius 2 is 1.90 bits per heavy atom.